The molecule has 0 amide bonds. The molecule has 0 spiro atoms. The van der Waals surface area contributed by atoms with Crippen molar-refractivity contribution in [3.63, 3.8) is 0 Å². The number of hydrogen-bond donors (Lipinski definition) is 0. The van der Waals surface area contributed by atoms with Crippen molar-refractivity contribution in [3.05, 3.63) is 12.7 Å². The maximum absolute atomic E-state index is 6.55. The Balaban J connectivity index is 2.23. The van der Waals surface area contributed by atoms with E-state index in [1.807, 2.05) is 7.11 Å². The third-order valence-electron chi connectivity index (χ3n) is 7.09. The average molecular weight is 395 g/mol. The maximum atomic E-state index is 6.55. The van der Waals surface area contributed by atoms with E-state index in [4.69, 9.17) is 14.0 Å². The van der Waals surface area contributed by atoms with Crippen molar-refractivity contribution in [1.82, 2.24) is 4.90 Å². The van der Waals surface area contributed by atoms with Crippen molar-refractivity contribution in [3.8, 4) is 0 Å². The van der Waals surface area contributed by atoms with Crippen LogP contribution >= 0.6 is 0 Å². The molecule has 0 N–H and O–H groups in total. The van der Waals surface area contributed by atoms with Crippen LogP contribution in [0.25, 0.3) is 0 Å². The van der Waals surface area contributed by atoms with E-state index >= 15 is 0 Å². The lowest BCUT2D eigenvalue weighted by Gasteiger charge is -2.41. The van der Waals surface area contributed by atoms with Gasteiger partial charge in [-0.05, 0) is 71.0 Å². The van der Waals surface area contributed by atoms with Crippen molar-refractivity contribution in [2.45, 2.75) is 89.7 Å². The Hall–Kier alpha value is -0.138. The quantitative estimate of drug-likeness (QED) is 0.423. The Morgan fingerprint density at radius 3 is 2.37 bits per heavy atom. The first kappa shape index (κ1) is 23.1. The summed E-state index contributed by atoms with van der Waals surface area (Å²) < 4.78 is 18.6. The summed E-state index contributed by atoms with van der Waals surface area (Å²) in [6.07, 6.45) is 6.77. The third-order valence-corrected chi connectivity index (χ3v) is 11.0. The minimum atomic E-state index is -1.69. The summed E-state index contributed by atoms with van der Waals surface area (Å²) in [5.41, 5.74) is -0.124. The van der Waals surface area contributed by atoms with Crippen molar-refractivity contribution >= 4 is 15.2 Å². The normalized spacial score (nSPS) is 27.7. The van der Waals surface area contributed by atoms with E-state index in [2.05, 4.69) is 65.3 Å². The standard InChI is InChI=1S/C21H42BNO3Si/c1-10-12-17(2)19(22-25-20(3,4)21(5,6)26-22)27(8,9)16-23-14-11-13-18(23)15-24-7/h10,17-19H,1,11-16H2,2-9H3/t17-,18-,19+/m0/s1. The molecule has 2 aliphatic rings. The summed E-state index contributed by atoms with van der Waals surface area (Å²) in [6, 6.07) is 0.565. The number of ether oxygens (including phenoxy) is 1. The van der Waals surface area contributed by atoms with Gasteiger partial charge in [-0.25, -0.2) is 0 Å². The molecule has 2 fully saturated rings. The second-order valence-corrected chi connectivity index (χ2v) is 15.3. The van der Waals surface area contributed by atoms with Crippen LogP contribution in [0.3, 0.4) is 0 Å². The number of methoxy groups -OCH3 is 1. The highest BCUT2D eigenvalue weighted by molar-refractivity contribution is 6.88. The van der Waals surface area contributed by atoms with Crippen LogP contribution in [0, 0.1) is 5.92 Å². The zero-order valence-corrected chi connectivity index (χ0v) is 20.0. The smallest absolute Gasteiger partial charge is 0.403 e. The third kappa shape index (κ3) is 5.08. The van der Waals surface area contributed by atoms with Gasteiger partial charge in [0.25, 0.3) is 0 Å². The molecule has 2 saturated heterocycles. The Bertz CT molecular complexity index is 496. The molecule has 0 aromatic rings. The highest BCUT2D eigenvalue weighted by Gasteiger charge is 2.58. The number of rotatable bonds is 9. The monoisotopic (exact) mass is 395 g/mol. The lowest BCUT2D eigenvalue weighted by molar-refractivity contribution is 0.00578. The predicted octanol–water partition coefficient (Wildman–Crippen LogP) is 4.56. The molecule has 0 saturated carbocycles. The topological polar surface area (TPSA) is 30.9 Å². The zero-order valence-electron chi connectivity index (χ0n) is 19.0. The number of hydrogen-bond acceptors (Lipinski definition) is 4. The van der Waals surface area contributed by atoms with Crippen LogP contribution in [-0.4, -0.2) is 63.8 Å². The average Bonchev–Trinajstić information content (AvgIpc) is 3.01. The van der Waals surface area contributed by atoms with Crippen molar-refractivity contribution in [2.75, 3.05) is 26.4 Å². The second kappa shape index (κ2) is 8.70. The summed E-state index contributed by atoms with van der Waals surface area (Å²) in [5.74, 6) is 0.502. The molecule has 2 rings (SSSR count). The van der Waals surface area contributed by atoms with Crippen LogP contribution in [0.15, 0.2) is 12.7 Å². The van der Waals surface area contributed by atoms with Crippen molar-refractivity contribution in [1.29, 1.82) is 0 Å². The van der Waals surface area contributed by atoms with Crippen LogP contribution in [0.5, 0.6) is 0 Å². The van der Waals surface area contributed by atoms with Crippen LogP contribution in [0.2, 0.25) is 18.5 Å². The Kier molecular flexibility index (Phi) is 7.46. The Labute approximate surface area is 169 Å². The first-order valence-corrected chi connectivity index (χ1v) is 13.9. The van der Waals surface area contributed by atoms with Crippen molar-refractivity contribution in [2.24, 2.45) is 5.92 Å². The van der Waals surface area contributed by atoms with E-state index in [9.17, 15) is 0 Å². The van der Waals surface area contributed by atoms with E-state index in [-0.39, 0.29) is 18.3 Å². The van der Waals surface area contributed by atoms with E-state index in [1.165, 1.54) is 25.6 Å². The highest BCUT2D eigenvalue weighted by atomic mass is 28.3. The zero-order chi connectivity index (χ0) is 20.5. The molecule has 2 heterocycles. The maximum Gasteiger partial charge on any atom is 0.458 e. The Morgan fingerprint density at radius 2 is 1.85 bits per heavy atom. The molecule has 6 heteroatoms. The number of nitrogens with zero attached hydrogens (tertiary/aromatic N) is 1. The van der Waals surface area contributed by atoms with Gasteiger partial charge in [-0.15, -0.1) is 6.58 Å². The van der Waals surface area contributed by atoms with E-state index < -0.39 is 8.07 Å². The lowest BCUT2D eigenvalue weighted by Crippen LogP contribution is -2.54. The molecule has 156 valence electrons. The predicted molar refractivity (Wildman–Crippen MR) is 118 cm³/mol. The summed E-state index contributed by atoms with van der Waals surface area (Å²) in [7, 11) is 0.00191. The molecular formula is C21H42BNO3Si. The molecule has 2 aliphatic heterocycles. The lowest BCUT2D eigenvalue weighted by atomic mass is 9.75. The minimum Gasteiger partial charge on any atom is -0.403 e. The molecule has 0 bridgehead atoms. The fraction of sp³-hybridized carbons (Fsp3) is 0.905. The van der Waals surface area contributed by atoms with Gasteiger partial charge in [0, 0.05) is 13.2 Å². The molecule has 27 heavy (non-hydrogen) atoms. The van der Waals surface area contributed by atoms with Gasteiger partial charge >= 0.3 is 7.12 Å². The molecule has 0 aromatic carbocycles. The summed E-state index contributed by atoms with van der Waals surface area (Å²) >= 11 is 0. The molecule has 4 nitrogen and oxygen atoms in total. The first-order valence-electron chi connectivity index (χ1n) is 10.6. The Morgan fingerprint density at radius 1 is 1.26 bits per heavy atom. The molecule has 0 radical (unpaired) electrons. The van der Waals surface area contributed by atoms with Crippen LogP contribution < -0.4 is 0 Å². The van der Waals surface area contributed by atoms with Gasteiger partial charge < -0.3 is 18.9 Å². The van der Waals surface area contributed by atoms with Crippen LogP contribution in [-0.2, 0) is 14.0 Å². The summed E-state index contributed by atoms with van der Waals surface area (Å²) in [6.45, 7) is 22.0. The van der Waals surface area contributed by atoms with Gasteiger partial charge in [-0.2, -0.15) is 0 Å². The number of likely N-dealkylation sites (tertiary alicyclic amines) is 1. The van der Waals surface area contributed by atoms with E-state index in [1.54, 1.807) is 0 Å². The van der Waals surface area contributed by atoms with E-state index in [0.29, 0.717) is 17.4 Å². The first-order chi connectivity index (χ1) is 12.4. The second-order valence-electron chi connectivity index (χ2n) is 10.4. The number of allylic oxidation sites excluding steroid dienone is 1. The van der Waals surface area contributed by atoms with Gasteiger partial charge in [0.15, 0.2) is 0 Å². The fourth-order valence-electron chi connectivity index (χ4n) is 4.96. The van der Waals surface area contributed by atoms with Gasteiger partial charge in [0.2, 0.25) is 0 Å². The molecule has 0 aromatic heterocycles. The van der Waals surface area contributed by atoms with Crippen LogP contribution in [0.4, 0.5) is 0 Å². The molecule has 3 atom stereocenters. The van der Waals surface area contributed by atoms with E-state index in [0.717, 1.165) is 13.0 Å². The molecule has 0 unspecified atom stereocenters. The molecular weight excluding hydrogens is 353 g/mol. The van der Waals surface area contributed by atoms with Gasteiger partial charge in [-0.3, -0.25) is 0 Å². The van der Waals surface area contributed by atoms with Gasteiger partial charge in [0.05, 0.1) is 25.9 Å². The SMILES string of the molecule is C=CC[C@H](C)[C@H](B1OC(C)(C)C(C)(C)O1)[Si](C)(C)CN1CCC[C@H]1COC. The summed E-state index contributed by atoms with van der Waals surface area (Å²) in [5, 5.41) is 0. The van der Waals surface area contributed by atoms with Gasteiger partial charge in [0.1, 0.15) is 0 Å². The van der Waals surface area contributed by atoms with Gasteiger partial charge in [-0.1, -0.05) is 26.1 Å². The molecule has 0 aliphatic carbocycles. The fourth-order valence-corrected chi connectivity index (χ4v) is 9.19. The van der Waals surface area contributed by atoms with Crippen LogP contribution in [0.1, 0.15) is 53.9 Å². The van der Waals surface area contributed by atoms with Crippen molar-refractivity contribution < 1.29 is 14.0 Å². The minimum absolute atomic E-state index is 0.130. The largest absolute Gasteiger partial charge is 0.458 e. The summed E-state index contributed by atoms with van der Waals surface area (Å²) in [4.78, 5) is 2.68. The highest BCUT2D eigenvalue weighted by Crippen LogP contribution is 2.46.